The monoisotopic (exact) mass is 722 g/mol. The Morgan fingerprint density at radius 1 is 0.981 bits per heavy atom. The molecule has 5 heterocycles. The Hall–Kier alpha value is -5.54. The lowest BCUT2D eigenvalue weighted by molar-refractivity contribution is -0.138. The SMILES string of the molecule is O=C1CCC(N2C(=O)c3cccc(NCCCC(=O)N4CC(Cc5cc(C(=O)NC[C@H](O)CN6CCc7ccccc7C6)ncn5)C4)c3C2=O)C(=O)N1. The van der Waals surface area contributed by atoms with Gasteiger partial charge < -0.3 is 20.6 Å². The Morgan fingerprint density at radius 2 is 1.79 bits per heavy atom. The maximum Gasteiger partial charge on any atom is 0.270 e. The highest BCUT2D eigenvalue weighted by atomic mass is 16.3. The number of aromatic nitrogens is 2. The normalized spacial score (nSPS) is 19.3. The largest absolute Gasteiger partial charge is 0.390 e. The number of anilines is 1. The van der Waals surface area contributed by atoms with Crippen LogP contribution in [0.4, 0.5) is 5.69 Å². The molecule has 7 rings (SSSR count). The van der Waals surface area contributed by atoms with Crippen LogP contribution in [0.5, 0.6) is 0 Å². The zero-order valence-electron chi connectivity index (χ0n) is 29.3. The van der Waals surface area contributed by atoms with E-state index in [1.54, 1.807) is 23.1 Å². The molecule has 0 saturated carbocycles. The van der Waals surface area contributed by atoms with Crippen molar-refractivity contribution in [3.05, 3.63) is 88.5 Å². The quantitative estimate of drug-likeness (QED) is 0.145. The van der Waals surface area contributed by atoms with Crippen LogP contribution in [0.1, 0.15) is 73.7 Å². The lowest BCUT2D eigenvalue weighted by atomic mass is 9.93. The number of hydrogen-bond acceptors (Lipinski definition) is 11. The summed E-state index contributed by atoms with van der Waals surface area (Å²) in [6, 6.07) is 13.8. The van der Waals surface area contributed by atoms with Crippen molar-refractivity contribution in [1.82, 2.24) is 35.3 Å². The van der Waals surface area contributed by atoms with Gasteiger partial charge in [-0.3, -0.25) is 43.9 Å². The van der Waals surface area contributed by atoms with Gasteiger partial charge in [-0.15, -0.1) is 0 Å². The van der Waals surface area contributed by atoms with Gasteiger partial charge in [-0.2, -0.15) is 0 Å². The summed E-state index contributed by atoms with van der Waals surface area (Å²) in [5.74, 6) is -2.43. The van der Waals surface area contributed by atoms with Crippen LogP contribution in [0, 0.1) is 5.92 Å². The lowest BCUT2D eigenvalue weighted by Crippen LogP contribution is -2.54. The molecule has 4 aliphatic rings. The summed E-state index contributed by atoms with van der Waals surface area (Å²) in [5, 5.41) is 18.7. The fraction of sp³-hybridized carbons (Fsp3) is 0.421. The molecule has 53 heavy (non-hydrogen) atoms. The van der Waals surface area contributed by atoms with E-state index >= 15 is 0 Å². The van der Waals surface area contributed by atoms with Gasteiger partial charge in [-0.25, -0.2) is 9.97 Å². The summed E-state index contributed by atoms with van der Waals surface area (Å²) in [6.07, 6.45) is 3.08. The highest BCUT2D eigenvalue weighted by molar-refractivity contribution is 6.25. The second-order valence-electron chi connectivity index (χ2n) is 14.1. The van der Waals surface area contributed by atoms with E-state index in [2.05, 4.69) is 43.0 Å². The minimum atomic E-state index is -1.04. The molecule has 15 nitrogen and oxygen atoms in total. The molecule has 2 atom stereocenters. The number of amides is 6. The van der Waals surface area contributed by atoms with E-state index in [0.29, 0.717) is 56.8 Å². The molecule has 0 spiro atoms. The van der Waals surface area contributed by atoms with Gasteiger partial charge in [0.1, 0.15) is 18.1 Å². The molecule has 1 aromatic heterocycles. The third-order valence-electron chi connectivity index (χ3n) is 10.3. The number of likely N-dealkylation sites (tertiary alicyclic amines) is 1. The summed E-state index contributed by atoms with van der Waals surface area (Å²) in [4.78, 5) is 89.4. The fourth-order valence-electron chi connectivity index (χ4n) is 7.49. The van der Waals surface area contributed by atoms with Gasteiger partial charge in [-0.1, -0.05) is 30.3 Å². The van der Waals surface area contributed by atoms with Gasteiger partial charge in [0, 0.05) is 70.0 Å². The molecule has 276 valence electrons. The van der Waals surface area contributed by atoms with Crippen LogP contribution in [-0.2, 0) is 33.8 Å². The highest BCUT2D eigenvalue weighted by Gasteiger charge is 2.45. The number of hydrogen-bond donors (Lipinski definition) is 4. The third-order valence-corrected chi connectivity index (χ3v) is 10.3. The van der Waals surface area contributed by atoms with Gasteiger partial charge >= 0.3 is 0 Å². The van der Waals surface area contributed by atoms with E-state index in [-0.39, 0.29) is 53.9 Å². The number of piperidine rings is 1. The summed E-state index contributed by atoms with van der Waals surface area (Å²) in [7, 11) is 0. The zero-order chi connectivity index (χ0) is 37.1. The van der Waals surface area contributed by atoms with Crippen LogP contribution in [0.3, 0.4) is 0 Å². The smallest absolute Gasteiger partial charge is 0.270 e. The van der Waals surface area contributed by atoms with E-state index in [9.17, 15) is 33.9 Å². The Kier molecular flexibility index (Phi) is 10.5. The van der Waals surface area contributed by atoms with Crippen molar-refractivity contribution in [3.8, 4) is 0 Å². The summed E-state index contributed by atoms with van der Waals surface area (Å²) in [5.41, 5.74) is 4.37. The number of benzene rings is 2. The van der Waals surface area contributed by atoms with Crippen LogP contribution in [0.15, 0.2) is 54.9 Å². The van der Waals surface area contributed by atoms with Gasteiger partial charge in [0.05, 0.1) is 17.2 Å². The van der Waals surface area contributed by atoms with E-state index in [4.69, 9.17) is 0 Å². The Bertz CT molecular complexity index is 1950. The molecule has 4 aliphatic heterocycles. The molecule has 0 radical (unpaired) electrons. The Morgan fingerprint density at radius 3 is 2.60 bits per heavy atom. The Balaban J connectivity index is 0.816. The molecular formula is C38H42N8O7. The zero-order valence-corrected chi connectivity index (χ0v) is 29.3. The predicted octanol–water partition coefficient (Wildman–Crippen LogP) is 0.920. The summed E-state index contributed by atoms with van der Waals surface area (Å²) >= 11 is 0. The molecule has 2 saturated heterocycles. The number of rotatable bonds is 13. The van der Waals surface area contributed by atoms with E-state index in [0.717, 1.165) is 24.4 Å². The molecule has 4 N–H and O–H groups in total. The Labute approximate surface area is 306 Å². The molecular weight excluding hydrogens is 680 g/mol. The molecule has 0 bridgehead atoms. The molecule has 3 aromatic rings. The van der Waals surface area contributed by atoms with Crippen LogP contribution >= 0.6 is 0 Å². The molecule has 2 fully saturated rings. The number of β-amino-alcohol motifs (C(OH)–C–C–N with tert-alkyl or cyclic N) is 1. The second-order valence-corrected chi connectivity index (χ2v) is 14.1. The van der Waals surface area contributed by atoms with Crippen molar-refractivity contribution in [3.63, 3.8) is 0 Å². The summed E-state index contributed by atoms with van der Waals surface area (Å²) < 4.78 is 0. The summed E-state index contributed by atoms with van der Waals surface area (Å²) in [6.45, 7) is 3.74. The van der Waals surface area contributed by atoms with Gasteiger partial charge in [0.2, 0.25) is 17.7 Å². The third kappa shape index (κ3) is 7.95. The average molecular weight is 723 g/mol. The predicted molar refractivity (Wildman–Crippen MR) is 190 cm³/mol. The average Bonchev–Trinajstić information content (AvgIpc) is 3.39. The first kappa shape index (κ1) is 35.8. The lowest BCUT2D eigenvalue weighted by Gasteiger charge is -2.39. The van der Waals surface area contributed by atoms with Crippen LogP contribution < -0.4 is 16.0 Å². The first-order valence-electron chi connectivity index (χ1n) is 18.1. The molecule has 1 unspecified atom stereocenters. The van der Waals surface area contributed by atoms with E-state index < -0.39 is 35.8 Å². The number of carbonyl (C=O) groups excluding carboxylic acids is 6. The number of fused-ring (bicyclic) bond motifs is 2. The number of imide groups is 2. The van der Waals surface area contributed by atoms with Crippen LogP contribution in [0.25, 0.3) is 0 Å². The van der Waals surface area contributed by atoms with Crippen molar-refractivity contribution >= 4 is 41.1 Å². The van der Waals surface area contributed by atoms with Crippen LogP contribution in [-0.4, -0.2) is 117 Å². The molecule has 2 aromatic carbocycles. The second kappa shape index (κ2) is 15.6. The topological polar surface area (TPSA) is 194 Å². The fourth-order valence-corrected chi connectivity index (χ4v) is 7.49. The number of carbonyl (C=O) groups is 6. The number of nitrogens with zero attached hydrogens (tertiary/aromatic N) is 5. The van der Waals surface area contributed by atoms with Gasteiger partial charge in [0.15, 0.2) is 0 Å². The molecule has 6 amide bonds. The minimum absolute atomic E-state index is 0.00621. The number of nitrogens with one attached hydrogen (secondary N) is 3. The van der Waals surface area contributed by atoms with Crippen molar-refractivity contribution in [2.45, 2.75) is 57.2 Å². The molecule has 15 heteroatoms. The first-order chi connectivity index (χ1) is 25.6. The number of aliphatic hydroxyl groups excluding tert-OH is 1. The van der Waals surface area contributed by atoms with Crippen LogP contribution in [0.2, 0.25) is 0 Å². The standard InChI is InChI=1S/C38H42N8O7/c47-27(21-44-14-12-24-5-1-2-6-25(24)20-44)17-40-35(50)30-16-26(41-22-42-30)15-23-18-45(19-23)33(49)9-4-13-39-29-8-3-7-28-34(29)38(53)46(37(28)52)31-10-11-32(48)43-36(31)51/h1-3,5-8,16,22-23,27,31,39,47H,4,9-15,17-21H2,(H,40,50)(H,43,48,51)/t27-,31?/m0/s1. The first-order valence-corrected chi connectivity index (χ1v) is 18.1. The van der Waals surface area contributed by atoms with E-state index in [1.807, 2.05) is 12.1 Å². The van der Waals surface area contributed by atoms with Crippen molar-refractivity contribution in [1.29, 1.82) is 0 Å². The van der Waals surface area contributed by atoms with Gasteiger partial charge in [-0.05, 0) is 60.9 Å². The van der Waals surface area contributed by atoms with Crippen molar-refractivity contribution in [2.24, 2.45) is 5.92 Å². The highest BCUT2D eigenvalue weighted by Crippen LogP contribution is 2.32. The van der Waals surface area contributed by atoms with E-state index in [1.165, 1.54) is 23.5 Å². The molecule has 0 aliphatic carbocycles. The maximum absolute atomic E-state index is 13.3. The van der Waals surface area contributed by atoms with Crippen molar-refractivity contribution < 1.29 is 33.9 Å². The van der Waals surface area contributed by atoms with Crippen molar-refractivity contribution in [2.75, 3.05) is 44.6 Å². The van der Waals surface area contributed by atoms with Gasteiger partial charge in [0.25, 0.3) is 17.7 Å². The number of aliphatic hydroxyl groups is 1. The maximum atomic E-state index is 13.3. The minimum Gasteiger partial charge on any atom is -0.390 e.